The van der Waals surface area contributed by atoms with Crippen molar-refractivity contribution in [3.05, 3.63) is 89.5 Å². The Kier molecular flexibility index (Phi) is 5.45. The van der Waals surface area contributed by atoms with Crippen LogP contribution in [-0.2, 0) is 13.0 Å². The number of para-hydroxylation sites is 1. The second-order valence-electron chi connectivity index (χ2n) is 6.65. The van der Waals surface area contributed by atoms with E-state index in [4.69, 9.17) is 0 Å². The molecule has 1 amide bonds. The number of thioether (sulfide) groups is 1. The zero-order valence-corrected chi connectivity index (χ0v) is 15.9. The summed E-state index contributed by atoms with van der Waals surface area (Å²) < 4.78 is 0. The van der Waals surface area contributed by atoms with Crippen LogP contribution in [0.3, 0.4) is 0 Å². The average molecular weight is 375 g/mol. The third-order valence-electron chi connectivity index (χ3n) is 4.63. The zero-order chi connectivity index (χ0) is 18.5. The van der Waals surface area contributed by atoms with Crippen LogP contribution in [-0.4, -0.2) is 11.7 Å². The smallest absolute Gasteiger partial charge is 0.255 e. The second kappa shape index (κ2) is 8.31. The Labute approximate surface area is 164 Å². The summed E-state index contributed by atoms with van der Waals surface area (Å²) in [7, 11) is 0. The zero-order valence-electron chi connectivity index (χ0n) is 15.1. The van der Waals surface area contributed by atoms with E-state index in [1.807, 2.05) is 72.4 Å². The van der Waals surface area contributed by atoms with Gasteiger partial charge >= 0.3 is 0 Å². The van der Waals surface area contributed by atoms with Gasteiger partial charge in [-0.15, -0.1) is 11.8 Å². The van der Waals surface area contributed by atoms with Crippen LogP contribution >= 0.6 is 11.8 Å². The van der Waals surface area contributed by atoms with Crippen LogP contribution in [0.1, 0.15) is 27.9 Å². The number of carbonyl (C=O) groups excluding carboxylic acids is 1. The highest BCUT2D eigenvalue weighted by Crippen LogP contribution is 2.30. The molecule has 1 aliphatic rings. The van der Waals surface area contributed by atoms with Crippen molar-refractivity contribution >= 4 is 29.0 Å². The molecular formula is C23H22N2OS. The molecule has 0 fully saturated rings. The number of fused-ring (bicyclic) bond motifs is 1. The molecule has 2 N–H and O–H groups in total. The number of hydrogen-bond donors (Lipinski definition) is 2. The van der Waals surface area contributed by atoms with Crippen molar-refractivity contribution in [1.29, 1.82) is 0 Å². The van der Waals surface area contributed by atoms with Gasteiger partial charge in [0.15, 0.2) is 0 Å². The van der Waals surface area contributed by atoms with Gasteiger partial charge in [0.05, 0.1) is 0 Å². The minimum atomic E-state index is -0.0541. The van der Waals surface area contributed by atoms with Crippen LogP contribution < -0.4 is 10.6 Å². The van der Waals surface area contributed by atoms with Crippen molar-refractivity contribution in [2.45, 2.75) is 24.3 Å². The molecule has 0 atom stereocenters. The largest absolute Gasteiger partial charge is 0.381 e. The molecule has 0 aromatic heterocycles. The first-order valence-corrected chi connectivity index (χ1v) is 10.2. The Balaban J connectivity index is 1.42. The summed E-state index contributed by atoms with van der Waals surface area (Å²) in [6.45, 7) is 0.712. The molecule has 0 saturated carbocycles. The fraction of sp³-hybridized carbons (Fsp3) is 0.174. The SMILES string of the molecule is O=C(Nc1cccc(CNc2ccccc2)c1)c1ccc2c(c1)CCCS2. The van der Waals surface area contributed by atoms with Gasteiger partial charge in [-0.25, -0.2) is 0 Å². The maximum absolute atomic E-state index is 12.7. The van der Waals surface area contributed by atoms with E-state index >= 15 is 0 Å². The second-order valence-corrected chi connectivity index (χ2v) is 7.79. The molecule has 0 spiro atoms. The fourth-order valence-corrected chi connectivity index (χ4v) is 4.24. The highest BCUT2D eigenvalue weighted by molar-refractivity contribution is 7.99. The van der Waals surface area contributed by atoms with Crippen LogP contribution in [0.5, 0.6) is 0 Å². The topological polar surface area (TPSA) is 41.1 Å². The van der Waals surface area contributed by atoms with Gasteiger partial charge in [-0.2, -0.15) is 0 Å². The summed E-state index contributed by atoms with van der Waals surface area (Å²) in [5, 5.41) is 6.42. The van der Waals surface area contributed by atoms with Gasteiger partial charge in [0.2, 0.25) is 0 Å². The minimum Gasteiger partial charge on any atom is -0.381 e. The number of hydrogen-bond acceptors (Lipinski definition) is 3. The van der Waals surface area contributed by atoms with Gasteiger partial charge < -0.3 is 10.6 Å². The van der Waals surface area contributed by atoms with E-state index in [-0.39, 0.29) is 5.91 Å². The molecule has 1 aliphatic heterocycles. The van der Waals surface area contributed by atoms with Gasteiger partial charge in [-0.1, -0.05) is 30.3 Å². The standard InChI is InChI=1S/C23H22N2OS/c26-23(19-11-12-22-18(15-19)7-5-13-27-22)25-21-10-4-6-17(14-21)16-24-20-8-2-1-3-9-20/h1-4,6,8-12,14-15,24H,5,7,13,16H2,(H,25,26). The Bertz CT molecular complexity index is 940. The minimum absolute atomic E-state index is 0.0541. The van der Waals surface area contributed by atoms with Crippen molar-refractivity contribution in [1.82, 2.24) is 0 Å². The summed E-state index contributed by atoms with van der Waals surface area (Å²) in [4.78, 5) is 14.0. The number of carbonyl (C=O) groups is 1. The lowest BCUT2D eigenvalue weighted by molar-refractivity contribution is 0.102. The van der Waals surface area contributed by atoms with Crippen molar-refractivity contribution in [2.24, 2.45) is 0 Å². The van der Waals surface area contributed by atoms with Gasteiger partial charge in [-0.3, -0.25) is 4.79 Å². The van der Waals surface area contributed by atoms with E-state index in [0.717, 1.165) is 28.9 Å². The lowest BCUT2D eigenvalue weighted by atomic mass is 10.1. The van der Waals surface area contributed by atoms with E-state index in [0.29, 0.717) is 6.54 Å². The van der Waals surface area contributed by atoms with E-state index in [1.54, 1.807) is 0 Å². The predicted octanol–water partition coefficient (Wildman–Crippen LogP) is 5.59. The molecule has 3 aromatic rings. The monoisotopic (exact) mass is 374 g/mol. The van der Waals surface area contributed by atoms with E-state index in [9.17, 15) is 4.79 Å². The maximum Gasteiger partial charge on any atom is 0.255 e. The molecule has 0 saturated heterocycles. The molecule has 0 aliphatic carbocycles. The molecular weight excluding hydrogens is 352 g/mol. The van der Waals surface area contributed by atoms with Crippen molar-refractivity contribution < 1.29 is 4.79 Å². The van der Waals surface area contributed by atoms with Crippen LogP contribution in [0.4, 0.5) is 11.4 Å². The summed E-state index contributed by atoms with van der Waals surface area (Å²) in [5.41, 5.74) is 5.04. The molecule has 4 rings (SSSR count). The Morgan fingerprint density at radius 1 is 0.926 bits per heavy atom. The Hall–Kier alpha value is -2.72. The lowest BCUT2D eigenvalue weighted by Gasteiger charge is -2.16. The third-order valence-corrected chi connectivity index (χ3v) is 5.83. The number of aryl methyl sites for hydroxylation is 1. The van der Waals surface area contributed by atoms with Gasteiger partial charge in [0.1, 0.15) is 0 Å². The first-order valence-electron chi connectivity index (χ1n) is 9.23. The van der Waals surface area contributed by atoms with Crippen molar-refractivity contribution in [2.75, 3.05) is 16.4 Å². The predicted molar refractivity (Wildman–Crippen MR) is 114 cm³/mol. The normalized spacial score (nSPS) is 12.9. The van der Waals surface area contributed by atoms with Crippen LogP contribution in [0.25, 0.3) is 0 Å². The van der Waals surface area contributed by atoms with E-state index in [1.165, 1.54) is 22.6 Å². The number of nitrogens with one attached hydrogen (secondary N) is 2. The lowest BCUT2D eigenvalue weighted by Crippen LogP contribution is -2.13. The van der Waals surface area contributed by atoms with Crippen LogP contribution in [0, 0.1) is 0 Å². The first-order chi connectivity index (χ1) is 13.3. The summed E-state index contributed by atoms with van der Waals surface area (Å²) in [5.74, 6) is 1.11. The molecule has 4 heteroatoms. The molecule has 0 radical (unpaired) electrons. The fourth-order valence-electron chi connectivity index (χ4n) is 3.22. The summed E-state index contributed by atoms with van der Waals surface area (Å²) in [6, 6.07) is 24.1. The number of amides is 1. The molecule has 0 bridgehead atoms. The molecule has 3 nitrogen and oxygen atoms in total. The third kappa shape index (κ3) is 4.52. The summed E-state index contributed by atoms with van der Waals surface area (Å²) in [6.07, 6.45) is 2.24. The Morgan fingerprint density at radius 3 is 2.67 bits per heavy atom. The van der Waals surface area contributed by atoms with Gasteiger partial charge in [0, 0.05) is 28.4 Å². The quantitative estimate of drug-likeness (QED) is 0.612. The average Bonchev–Trinajstić information content (AvgIpc) is 2.73. The van der Waals surface area contributed by atoms with Crippen molar-refractivity contribution in [3.63, 3.8) is 0 Å². The highest BCUT2D eigenvalue weighted by Gasteiger charge is 2.13. The number of rotatable bonds is 5. The molecule has 0 unspecified atom stereocenters. The summed E-state index contributed by atoms with van der Waals surface area (Å²) >= 11 is 1.88. The highest BCUT2D eigenvalue weighted by atomic mass is 32.2. The van der Waals surface area contributed by atoms with Crippen LogP contribution in [0.2, 0.25) is 0 Å². The van der Waals surface area contributed by atoms with Crippen LogP contribution in [0.15, 0.2) is 77.7 Å². The molecule has 1 heterocycles. The molecule has 3 aromatic carbocycles. The number of benzene rings is 3. The molecule has 27 heavy (non-hydrogen) atoms. The van der Waals surface area contributed by atoms with Gasteiger partial charge in [0.25, 0.3) is 5.91 Å². The number of anilines is 2. The molecule has 136 valence electrons. The van der Waals surface area contributed by atoms with E-state index in [2.05, 4.69) is 22.8 Å². The Morgan fingerprint density at radius 2 is 1.78 bits per heavy atom. The van der Waals surface area contributed by atoms with Gasteiger partial charge in [-0.05, 0) is 72.2 Å². The first kappa shape index (κ1) is 17.7. The van der Waals surface area contributed by atoms with Crippen molar-refractivity contribution in [3.8, 4) is 0 Å². The maximum atomic E-state index is 12.7. The van der Waals surface area contributed by atoms with E-state index < -0.39 is 0 Å².